The number of ketones is 1. The number of anilines is 1. The van der Waals surface area contributed by atoms with Crippen molar-refractivity contribution in [3.63, 3.8) is 0 Å². The number of nitrogens with one attached hydrogen (secondary N) is 1. The van der Waals surface area contributed by atoms with Crippen LogP contribution >= 0.6 is 0 Å². The van der Waals surface area contributed by atoms with Gasteiger partial charge in [-0.1, -0.05) is 17.7 Å². The molecule has 0 unspecified atom stereocenters. The van der Waals surface area contributed by atoms with Gasteiger partial charge in [-0.25, -0.2) is 0 Å². The first kappa shape index (κ1) is 11.4. The van der Waals surface area contributed by atoms with Gasteiger partial charge in [-0.15, -0.1) is 0 Å². The third-order valence-corrected chi connectivity index (χ3v) is 1.92. The third kappa shape index (κ3) is 3.91. The summed E-state index contributed by atoms with van der Waals surface area (Å²) in [5, 5.41) is 2.62. The van der Waals surface area contributed by atoms with E-state index in [1.54, 1.807) is 12.1 Å². The van der Waals surface area contributed by atoms with Crippen molar-refractivity contribution in [1.29, 1.82) is 0 Å². The van der Waals surface area contributed by atoms with Crippen molar-refractivity contribution in [2.24, 2.45) is 5.73 Å². The number of nitrogens with two attached hydrogens (primary N) is 1. The van der Waals surface area contributed by atoms with Crippen LogP contribution in [0.1, 0.15) is 12.0 Å². The molecule has 4 nitrogen and oxygen atoms in total. The zero-order valence-corrected chi connectivity index (χ0v) is 8.62. The molecule has 0 bridgehead atoms. The van der Waals surface area contributed by atoms with Gasteiger partial charge >= 0.3 is 0 Å². The van der Waals surface area contributed by atoms with Crippen LogP contribution in [0.25, 0.3) is 0 Å². The molecule has 1 amide bonds. The van der Waals surface area contributed by atoms with E-state index in [0.29, 0.717) is 5.69 Å². The van der Waals surface area contributed by atoms with E-state index in [-0.39, 0.29) is 24.7 Å². The van der Waals surface area contributed by atoms with Crippen LogP contribution in [0, 0.1) is 6.92 Å². The lowest BCUT2D eigenvalue weighted by Crippen LogP contribution is -2.21. The Balaban J connectivity index is 2.51. The molecule has 0 heterocycles. The van der Waals surface area contributed by atoms with Crippen LogP contribution in [-0.4, -0.2) is 18.2 Å². The Kier molecular flexibility index (Phi) is 4.00. The summed E-state index contributed by atoms with van der Waals surface area (Å²) in [7, 11) is 0. The van der Waals surface area contributed by atoms with Crippen molar-refractivity contribution in [2.45, 2.75) is 13.3 Å². The van der Waals surface area contributed by atoms with Gasteiger partial charge in [0.05, 0.1) is 13.0 Å². The summed E-state index contributed by atoms with van der Waals surface area (Å²) in [5.74, 6) is -0.589. The largest absolute Gasteiger partial charge is 0.326 e. The molecule has 3 N–H and O–H groups in total. The molecule has 15 heavy (non-hydrogen) atoms. The number of Topliss-reactive ketones (excluding diaryl/α,β-unsaturated/α-hetero) is 1. The maximum Gasteiger partial charge on any atom is 0.231 e. The van der Waals surface area contributed by atoms with E-state index < -0.39 is 0 Å². The molecule has 1 rings (SSSR count). The van der Waals surface area contributed by atoms with Gasteiger partial charge in [0.1, 0.15) is 0 Å². The van der Waals surface area contributed by atoms with Gasteiger partial charge in [-0.3, -0.25) is 9.59 Å². The van der Waals surface area contributed by atoms with Gasteiger partial charge in [0.25, 0.3) is 0 Å². The first-order valence-corrected chi connectivity index (χ1v) is 4.70. The van der Waals surface area contributed by atoms with Crippen LogP contribution < -0.4 is 11.1 Å². The Bertz CT molecular complexity index is 357. The van der Waals surface area contributed by atoms with Gasteiger partial charge < -0.3 is 11.1 Å². The lowest BCUT2D eigenvalue weighted by Gasteiger charge is -2.04. The molecule has 0 saturated carbocycles. The Labute approximate surface area is 88.5 Å². The van der Waals surface area contributed by atoms with Crippen molar-refractivity contribution in [3.8, 4) is 0 Å². The highest BCUT2D eigenvalue weighted by Gasteiger charge is 2.07. The Morgan fingerprint density at radius 1 is 1.27 bits per heavy atom. The molecule has 0 aliphatic rings. The predicted octanol–water partition coefficient (Wildman–Crippen LogP) is 0.851. The molecule has 0 atom stereocenters. The van der Waals surface area contributed by atoms with Crippen LogP contribution in [0.2, 0.25) is 0 Å². The quantitative estimate of drug-likeness (QED) is 0.717. The highest BCUT2D eigenvalue weighted by atomic mass is 16.2. The van der Waals surface area contributed by atoms with Crippen molar-refractivity contribution in [1.82, 2.24) is 0 Å². The molecule has 0 aliphatic heterocycles. The van der Waals surface area contributed by atoms with E-state index in [4.69, 9.17) is 5.73 Å². The molecule has 0 spiro atoms. The summed E-state index contributed by atoms with van der Waals surface area (Å²) < 4.78 is 0. The normalized spacial score (nSPS) is 9.73. The van der Waals surface area contributed by atoms with Gasteiger partial charge in [-0.05, 0) is 19.1 Å². The molecular formula is C11H14N2O2. The lowest BCUT2D eigenvalue weighted by atomic mass is 10.2. The van der Waals surface area contributed by atoms with Gasteiger partial charge in [0.15, 0.2) is 5.78 Å². The van der Waals surface area contributed by atoms with Crippen molar-refractivity contribution in [3.05, 3.63) is 29.8 Å². The molecule has 0 saturated heterocycles. The van der Waals surface area contributed by atoms with E-state index in [9.17, 15) is 9.59 Å². The molecule has 0 fully saturated rings. The summed E-state index contributed by atoms with van der Waals surface area (Å²) in [6, 6.07) is 7.36. The highest BCUT2D eigenvalue weighted by molar-refractivity contribution is 6.04. The van der Waals surface area contributed by atoms with E-state index in [1.807, 2.05) is 19.1 Å². The summed E-state index contributed by atoms with van der Waals surface area (Å²) in [6.45, 7) is 1.87. The van der Waals surface area contributed by atoms with E-state index in [1.165, 1.54) is 0 Å². The number of amides is 1. The van der Waals surface area contributed by atoms with Crippen LogP contribution in [0.3, 0.4) is 0 Å². The first-order valence-electron chi connectivity index (χ1n) is 4.70. The molecule has 4 heteroatoms. The fourth-order valence-corrected chi connectivity index (χ4v) is 1.09. The summed E-state index contributed by atoms with van der Waals surface area (Å²) in [5.41, 5.74) is 6.91. The van der Waals surface area contributed by atoms with Crippen molar-refractivity contribution < 1.29 is 9.59 Å². The van der Waals surface area contributed by atoms with Gasteiger partial charge in [0, 0.05) is 5.69 Å². The first-order chi connectivity index (χ1) is 7.11. The second-order valence-corrected chi connectivity index (χ2v) is 3.33. The summed E-state index contributed by atoms with van der Waals surface area (Å²) >= 11 is 0. The lowest BCUT2D eigenvalue weighted by molar-refractivity contribution is -0.124. The maximum atomic E-state index is 11.3. The van der Waals surface area contributed by atoms with E-state index >= 15 is 0 Å². The standard InChI is InChI=1S/C11H14N2O2/c1-8-2-4-9(5-3-8)13-11(15)6-10(14)7-12/h2-5H,6-7,12H2,1H3,(H,13,15). The average Bonchev–Trinajstić information content (AvgIpc) is 2.21. The van der Waals surface area contributed by atoms with Crippen LogP contribution in [-0.2, 0) is 9.59 Å². The maximum absolute atomic E-state index is 11.3. The number of rotatable bonds is 4. The zero-order valence-electron chi connectivity index (χ0n) is 8.62. The van der Waals surface area contributed by atoms with Crippen LogP contribution in [0.5, 0.6) is 0 Å². The number of carbonyl (C=O) groups excluding carboxylic acids is 2. The molecule has 1 aromatic rings. The number of hydrogen-bond acceptors (Lipinski definition) is 3. The topological polar surface area (TPSA) is 72.2 Å². The Morgan fingerprint density at radius 3 is 2.40 bits per heavy atom. The average molecular weight is 206 g/mol. The van der Waals surface area contributed by atoms with Gasteiger partial charge in [-0.2, -0.15) is 0 Å². The summed E-state index contributed by atoms with van der Waals surface area (Å²) in [6.07, 6.45) is -0.162. The van der Waals surface area contributed by atoms with Crippen molar-refractivity contribution in [2.75, 3.05) is 11.9 Å². The SMILES string of the molecule is Cc1ccc(NC(=O)CC(=O)CN)cc1. The molecule has 0 aliphatic carbocycles. The Morgan fingerprint density at radius 2 is 1.87 bits per heavy atom. The van der Waals surface area contributed by atoms with Crippen molar-refractivity contribution >= 4 is 17.4 Å². The minimum atomic E-state index is -0.325. The number of aryl methyl sites for hydroxylation is 1. The Hall–Kier alpha value is -1.68. The monoisotopic (exact) mass is 206 g/mol. The third-order valence-electron chi connectivity index (χ3n) is 1.92. The number of carbonyl (C=O) groups is 2. The molecule has 0 radical (unpaired) electrons. The van der Waals surface area contributed by atoms with E-state index in [2.05, 4.69) is 5.32 Å². The van der Waals surface area contributed by atoms with E-state index in [0.717, 1.165) is 5.56 Å². The molecule has 0 aromatic heterocycles. The van der Waals surface area contributed by atoms with Crippen LogP contribution in [0.15, 0.2) is 24.3 Å². The molecule has 80 valence electrons. The predicted molar refractivity (Wildman–Crippen MR) is 58.5 cm³/mol. The fourth-order valence-electron chi connectivity index (χ4n) is 1.09. The molecule has 1 aromatic carbocycles. The van der Waals surface area contributed by atoms with Gasteiger partial charge in [0.2, 0.25) is 5.91 Å². The molecular weight excluding hydrogens is 192 g/mol. The number of benzene rings is 1. The summed E-state index contributed by atoms with van der Waals surface area (Å²) in [4.78, 5) is 22.2. The van der Waals surface area contributed by atoms with Crippen LogP contribution in [0.4, 0.5) is 5.69 Å². The fraction of sp³-hybridized carbons (Fsp3) is 0.273. The minimum Gasteiger partial charge on any atom is -0.326 e. The second-order valence-electron chi connectivity index (χ2n) is 3.33. The second kappa shape index (κ2) is 5.26. The minimum absolute atomic E-state index is 0.0959. The smallest absolute Gasteiger partial charge is 0.231 e. The zero-order chi connectivity index (χ0) is 11.3. The highest BCUT2D eigenvalue weighted by Crippen LogP contribution is 2.08. The number of hydrogen-bond donors (Lipinski definition) is 2.